The molecule has 1 saturated heterocycles. The van der Waals surface area contributed by atoms with Crippen LogP contribution in [0.25, 0.3) is 0 Å². The molecule has 3 heteroatoms. The highest BCUT2D eigenvalue weighted by molar-refractivity contribution is 7.80. The van der Waals surface area contributed by atoms with Gasteiger partial charge >= 0.3 is 0 Å². The van der Waals surface area contributed by atoms with Gasteiger partial charge in [-0.3, -0.25) is 0 Å². The predicted octanol–water partition coefficient (Wildman–Crippen LogP) is 3.11. The van der Waals surface area contributed by atoms with Crippen LogP contribution in [0.3, 0.4) is 0 Å². The fourth-order valence-corrected chi connectivity index (χ4v) is 3.22. The van der Waals surface area contributed by atoms with Gasteiger partial charge in [-0.05, 0) is 48.9 Å². The lowest BCUT2D eigenvalue weighted by molar-refractivity contribution is 0.357. The lowest BCUT2D eigenvalue weighted by atomic mass is 9.91. The standard InChI is InChI=1S/C15H22N2S/c1-10-6-11(2)9-17(8-10)13-4-5-14(15(16)18)12(3)7-13/h4-5,7,10-11H,6,8-9H2,1-3H3,(H2,16,18). The summed E-state index contributed by atoms with van der Waals surface area (Å²) in [6, 6.07) is 6.41. The van der Waals surface area contributed by atoms with Gasteiger partial charge in [0, 0.05) is 24.3 Å². The van der Waals surface area contributed by atoms with Crippen LogP contribution >= 0.6 is 12.2 Å². The second kappa shape index (κ2) is 5.27. The quantitative estimate of drug-likeness (QED) is 0.830. The van der Waals surface area contributed by atoms with Crippen molar-refractivity contribution in [3.63, 3.8) is 0 Å². The molecule has 1 aliphatic rings. The van der Waals surface area contributed by atoms with E-state index in [0.29, 0.717) is 4.99 Å². The average Bonchev–Trinajstić information content (AvgIpc) is 2.26. The Morgan fingerprint density at radius 3 is 2.39 bits per heavy atom. The summed E-state index contributed by atoms with van der Waals surface area (Å²) in [5, 5.41) is 0. The minimum Gasteiger partial charge on any atom is -0.389 e. The number of rotatable bonds is 2. The summed E-state index contributed by atoms with van der Waals surface area (Å²) in [7, 11) is 0. The summed E-state index contributed by atoms with van der Waals surface area (Å²) in [6.45, 7) is 9.04. The highest BCUT2D eigenvalue weighted by atomic mass is 32.1. The summed E-state index contributed by atoms with van der Waals surface area (Å²) in [4.78, 5) is 2.97. The first-order valence-corrected chi connectivity index (χ1v) is 7.03. The molecular formula is C15H22N2S. The van der Waals surface area contributed by atoms with Gasteiger partial charge < -0.3 is 10.6 Å². The van der Waals surface area contributed by atoms with Gasteiger partial charge in [-0.15, -0.1) is 0 Å². The Kier molecular flexibility index (Phi) is 3.91. The SMILES string of the molecule is Cc1cc(N2CC(C)CC(C)C2)ccc1C(N)=S. The minimum atomic E-state index is 0.486. The molecule has 1 heterocycles. The summed E-state index contributed by atoms with van der Waals surface area (Å²) >= 11 is 5.05. The van der Waals surface area contributed by atoms with Crippen LogP contribution in [0.2, 0.25) is 0 Å². The molecule has 2 N–H and O–H groups in total. The first-order chi connectivity index (χ1) is 8.47. The minimum absolute atomic E-state index is 0.486. The lowest BCUT2D eigenvalue weighted by Crippen LogP contribution is -2.38. The Bertz CT molecular complexity index is 446. The van der Waals surface area contributed by atoms with Gasteiger partial charge in [0.05, 0.1) is 0 Å². The summed E-state index contributed by atoms with van der Waals surface area (Å²) in [6.07, 6.45) is 1.33. The van der Waals surface area contributed by atoms with E-state index < -0.39 is 0 Å². The van der Waals surface area contributed by atoms with Crippen LogP contribution in [0.1, 0.15) is 31.4 Å². The monoisotopic (exact) mass is 262 g/mol. The molecule has 98 valence electrons. The molecule has 1 aromatic carbocycles. The first-order valence-electron chi connectivity index (χ1n) is 6.62. The Morgan fingerprint density at radius 2 is 1.89 bits per heavy atom. The number of benzene rings is 1. The fraction of sp³-hybridized carbons (Fsp3) is 0.533. The topological polar surface area (TPSA) is 29.3 Å². The number of nitrogens with zero attached hydrogens (tertiary/aromatic N) is 1. The van der Waals surface area contributed by atoms with Crippen molar-refractivity contribution in [2.24, 2.45) is 17.6 Å². The Hall–Kier alpha value is -1.09. The maximum atomic E-state index is 5.71. The van der Waals surface area contributed by atoms with Gasteiger partial charge in [0.2, 0.25) is 0 Å². The molecule has 0 bridgehead atoms. The first kappa shape index (κ1) is 13.3. The van der Waals surface area contributed by atoms with Gasteiger partial charge in [0.15, 0.2) is 0 Å². The van der Waals surface area contributed by atoms with Crippen LogP contribution in [0, 0.1) is 18.8 Å². The van der Waals surface area contributed by atoms with E-state index in [1.165, 1.54) is 17.7 Å². The molecule has 2 rings (SSSR count). The molecule has 2 unspecified atom stereocenters. The van der Waals surface area contributed by atoms with E-state index in [1.54, 1.807) is 0 Å². The zero-order valence-corrected chi connectivity index (χ0v) is 12.3. The Balaban J connectivity index is 2.23. The summed E-state index contributed by atoms with van der Waals surface area (Å²) < 4.78 is 0. The zero-order valence-electron chi connectivity index (χ0n) is 11.4. The molecule has 18 heavy (non-hydrogen) atoms. The molecule has 0 saturated carbocycles. The van der Waals surface area contributed by atoms with Gasteiger partial charge in [-0.2, -0.15) is 0 Å². The van der Waals surface area contributed by atoms with Crippen LogP contribution < -0.4 is 10.6 Å². The Morgan fingerprint density at radius 1 is 1.28 bits per heavy atom. The molecule has 0 aliphatic carbocycles. The maximum absolute atomic E-state index is 5.71. The van der Waals surface area contributed by atoms with Crippen LogP contribution in [0.15, 0.2) is 18.2 Å². The number of anilines is 1. The van der Waals surface area contributed by atoms with Crippen molar-refractivity contribution in [3.8, 4) is 0 Å². The van der Waals surface area contributed by atoms with E-state index in [4.69, 9.17) is 18.0 Å². The van der Waals surface area contributed by atoms with E-state index in [9.17, 15) is 0 Å². The summed E-state index contributed by atoms with van der Waals surface area (Å²) in [5.74, 6) is 1.54. The molecule has 2 atom stereocenters. The van der Waals surface area contributed by atoms with Gasteiger partial charge in [0.25, 0.3) is 0 Å². The fourth-order valence-electron chi connectivity index (χ4n) is 2.99. The van der Waals surface area contributed by atoms with E-state index in [-0.39, 0.29) is 0 Å². The number of nitrogens with two attached hydrogens (primary N) is 1. The number of piperidine rings is 1. The van der Waals surface area contributed by atoms with Crippen LogP contribution in [0.4, 0.5) is 5.69 Å². The van der Waals surface area contributed by atoms with E-state index in [2.05, 4.69) is 43.9 Å². The van der Waals surface area contributed by atoms with Crippen molar-refractivity contribution < 1.29 is 0 Å². The smallest absolute Gasteiger partial charge is 0.104 e. The third-order valence-electron chi connectivity index (χ3n) is 3.71. The third kappa shape index (κ3) is 2.83. The van der Waals surface area contributed by atoms with Crippen molar-refractivity contribution in [2.75, 3.05) is 18.0 Å². The second-order valence-electron chi connectivity index (χ2n) is 5.71. The molecule has 1 aromatic rings. The Labute approximate surface area is 115 Å². The van der Waals surface area contributed by atoms with E-state index in [0.717, 1.165) is 30.5 Å². The van der Waals surface area contributed by atoms with Crippen molar-refractivity contribution in [1.82, 2.24) is 0 Å². The molecule has 0 spiro atoms. The third-order valence-corrected chi connectivity index (χ3v) is 3.93. The van der Waals surface area contributed by atoms with Crippen molar-refractivity contribution in [3.05, 3.63) is 29.3 Å². The van der Waals surface area contributed by atoms with E-state index in [1.807, 2.05) is 0 Å². The maximum Gasteiger partial charge on any atom is 0.104 e. The van der Waals surface area contributed by atoms with Crippen molar-refractivity contribution in [2.45, 2.75) is 27.2 Å². The van der Waals surface area contributed by atoms with Gasteiger partial charge in [-0.25, -0.2) is 0 Å². The predicted molar refractivity (Wildman–Crippen MR) is 82.2 cm³/mol. The molecule has 1 fully saturated rings. The van der Waals surface area contributed by atoms with Gasteiger partial charge in [0.1, 0.15) is 4.99 Å². The summed E-state index contributed by atoms with van der Waals surface area (Å²) in [5.41, 5.74) is 9.17. The number of hydrogen-bond acceptors (Lipinski definition) is 2. The molecule has 0 aromatic heterocycles. The largest absolute Gasteiger partial charge is 0.389 e. The average molecular weight is 262 g/mol. The molecule has 0 amide bonds. The van der Waals surface area contributed by atoms with Crippen LogP contribution in [-0.4, -0.2) is 18.1 Å². The van der Waals surface area contributed by atoms with Crippen LogP contribution in [0.5, 0.6) is 0 Å². The van der Waals surface area contributed by atoms with Crippen molar-refractivity contribution in [1.29, 1.82) is 0 Å². The number of thiocarbonyl (C=S) groups is 1. The number of aryl methyl sites for hydroxylation is 1. The normalized spacial score (nSPS) is 24.1. The van der Waals surface area contributed by atoms with Crippen molar-refractivity contribution >= 4 is 22.9 Å². The molecule has 0 radical (unpaired) electrons. The highest BCUT2D eigenvalue weighted by Gasteiger charge is 2.22. The molecule has 2 nitrogen and oxygen atoms in total. The molecule has 1 aliphatic heterocycles. The van der Waals surface area contributed by atoms with Crippen LogP contribution in [-0.2, 0) is 0 Å². The number of hydrogen-bond donors (Lipinski definition) is 1. The van der Waals surface area contributed by atoms with E-state index >= 15 is 0 Å². The zero-order chi connectivity index (χ0) is 13.3. The molecular weight excluding hydrogens is 240 g/mol. The highest BCUT2D eigenvalue weighted by Crippen LogP contribution is 2.27. The second-order valence-corrected chi connectivity index (χ2v) is 6.15. The lowest BCUT2D eigenvalue weighted by Gasteiger charge is -2.37. The van der Waals surface area contributed by atoms with Gasteiger partial charge in [-0.1, -0.05) is 26.1 Å².